The SMILES string of the molecule is CC(C)c1nc(-c2n[nH]c(=O)n2-c2ccc3c(ccn3C)c2)c(O)cc1O. The second kappa shape index (κ2) is 6.01. The van der Waals surface area contributed by atoms with Crippen LogP contribution in [0.3, 0.4) is 0 Å². The predicted molar refractivity (Wildman–Crippen MR) is 101 cm³/mol. The first-order valence-electron chi connectivity index (χ1n) is 8.53. The van der Waals surface area contributed by atoms with Gasteiger partial charge in [0.05, 0.1) is 11.4 Å². The van der Waals surface area contributed by atoms with Crippen molar-refractivity contribution >= 4 is 10.9 Å². The third-order valence-corrected chi connectivity index (χ3v) is 4.57. The number of rotatable bonds is 3. The highest BCUT2D eigenvalue weighted by atomic mass is 16.3. The number of aryl methyl sites for hydroxylation is 1. The normalized spacial score (nSPS) is 11.6. The van der Waals surface area contributed by atoms with Crippen LogP contribution >= 0.6 is 0 Å². The first kappa shape index (κ1) is 16.9. The largest absolute Gasteiger partial charge is 0.506 e. The van der Waals surface area contributed by atoms with Crippen molar-refractivity contribution in [2.45, 2.75) is 19.8 Å². The fourth-order valence-corrected chi connectivity index (χ4v) is 3.20. The van der Waals surface area contributed by atoms with Gasteiger partial charge in [0, 0.05) is 30.2 Å². The molecule has 3 N–H and O–H groups in total. The van der Waals surface area contributed by atoms with Gasteiger partial charge < -0.3 is 14.8 Å². The molecule has 4 aromatic rings. The monoisotopic (exact) mass is 365 g/mol. The number of nitrogens with zero attached hydrogens (tertiary/aromatic N) is 4. The number of H-pyrrole nitrogens is 1. The van der Waals surface area contributed by atoms with Gasteiger partial charge in [-0.25, -0.2) is 19.4 Å². The van der Waals surface area contributed by atoms with E-state index in [2.05, 4.69) is 15.2 Å². The van der Waals surface area contributed by atoms with Crippen molar-refractivity contribution in [2.75, 3.05) is 0 Å². The molecule has 0 unspecified atom stereocenters. The van der Waals surface area contributed by atoms with E-state index in [9.17, 15) is 15.0 Å². The van der Waals surface area contributed by atoms with Gasteiger partial charge in [-0.1, -0.05) is 13.8 Å². The Labute approximate surface area is 154 Å². The summed E-state index contributed by atoms with van der Waals surface area (Å²) in [5.41, 5.74) is 1.74. The van der Waals surface area contributed by atoms with Gasteiger partial charge in [0.2, 0.25) is 0 Å². The zero-order valence-electron chi connectivity index (χ0n) is 15.1. The molecule has 0 atom stereocenters. The summed E-state index contributed by atoms with van der Waals surface area (Å²) in [4.78, 5) is 16.8. The molecule has 27 heavy (non-hydrogen) atoms. The maximum absolute atomic E-state index is 12.4. The van der Waals surface area contributed by atoms with Crippen molar-refractivity contribution in [3.63, 3.8) is 0 Å². The number of aromatic nitrogens is 5. The van der Waals surface area contributed by atoms with E-state index in [1.165, 1.54) is 10.6 Å². The third-order valence-electron chi connectivity index (χ3n) is 4.57. The van der Waals surface area contributed by atoms with Crippen molar-refractivity contribution in [1.29, 1.82) is 0 Å². The van der Waals surface area contributed by atoms with Crippen LogP contribution in [0.5, 0.6) is 11.5 Å². The molecule has 0 bridgehead atoms. The molecule has 0 aliphatic carbocycles. The number of hydrogen-bond acceptors (Lipinski definition) is 5. The summed E-state index contributed by atoms with van der Waals surface area (Å²) in [5, 5.41) is 27.8. The predicted octanol–water partition coefficient (Wildman–Crippen LogP) is 2.65. The van der Waals surface area contributed by atoms with E-state index in [-0.39, 0.29) is 28.9 Å². The summed E-state index contributed by atoms with van der Waals surface area (Å²) in [7, 11) is 1.95. The quantitative estimate of drug-likeness (QED) is 0.517. The zero-order chi connectivity index (χ0) is 19.3. The van der Waals surface area contributed by atoms with Crippen LogP contribution in [-0.4, -0.2) is 34.5 Å². The molecule has 138 valence electrons. The summed E-state index contributed by atoms with van der Waals surface area (Å²) in [5.74, 6) is -0.238. The van der Waals surface area contributed by atoms with Gasteiger partial charge in [0.25, 0.3) is 0 Å². The third kappa shape index (κ3) is 2.66. The second-order valence-electron chi connectivity index (χ2n) is 6.77. The number of nitrogens with one attached hydrogen (secondary N) is 1. The Kier molecular flexibility index (Phi) is 3.76. The van der Waals surface area contributed by atoms with Crippen LogP contribution in [-0.2, 0) is 7.05 Å². The van der Waals surface area contributed by atoms with Gasteiger partial charge in [-0.05, 0) is 30.2 Å². The Hall–Kier alpha value is -3.55. The average molecular weight is 365 g/mol. The molecule has 0 saturated carbocycles. The second-order valence-corrected chi connectivity index (χ2v) is 6.77. The highest BCUT2D eigenvalue weighted by Gasteiger charge is 2.21. The van der Waals surface area contributed by atoms with Crippen molar-refractivity contribution < 1.29 is 10.2 Å². The highest BCUT2D eigenvalue weighted by molar-refractivity contribution is 5.82. The van der Waals surface area contributed by atoms with Crippen molar-refractivity contribution in [3.8, 4) is 28.7 Å². The van der Waals surface area contributed by atoms with Gasteiger partial charge in [0.15, 0.2) is 11.5 Å². The molecular weight excluding hydrogens is 346 g/mol. The lowest BCUT2D eigenvalue weighted by Crippen LogP contribution is -2.16. The van der Waals surface area contributed by atoms with Crippen LogP contribution in [0.1, 0.15) is 25.5 Å². The van der Waals surface area contributed by atoms with Gasteiger partial charge in [-0.15, -0.1) is 0 Å². The maximum Gasteiger partial charge on any atom is 0.348 e. The van der Waals surface area contributed by atoms with Crippen LogP contribution < -0.4 is 5.69 Å². The number of benzene rings is 1. The van der Waals surface area contributed by atoms with E-state index in [1.807, 2.05) is 55.9 Å². The smallest absolute Gasteiger partial charge is 0.348 e. The molecule has 0 spiro atoms. The molecule has 4 rings (SSSR count). The van der Waals surface area contributed by atoms with E-state index < -0.39 is 5.69 Å². The van der Waals surface area contributed by atoms with Crippen LogP contribution in [0, 0.1) is 0 Å². The average Bonchev–Trinajstić information content (AvgIpc) is 3.17. The molecule has 8 heteroatoms. The van der Waals surface area contributed by atoms with E-state index >= 15 is 0 Å². The molecule has 0 fully saturated rings. The fraction of sp³-hybridized carbons (Fsp3) is 0.211. The Balaban J connectivity index is 1.94. The van der Waals surface area contributed by atoms with E-state index in [0.717, 1.165) is 10.9 Å². The van der Waals surface area contributed by atoms with Gasteiger partial charge >= 0.3 is 5.69 Å². The summed E-state index contributed by atoms with van der Waals surface area (Å²) >= 11 is 0. The van der Waals surface area contributed by atoms with Crippen molar-refractivity contribution in [3.05, 3.63) is 52.7 Å². The highest BCUT2D eigenvalue weighted by Crippen LogP contribution is 2.34. The summed E-state index contributed by atoms with van der Waals surface area (Å²) in [6.45, 7) is 3.76. The van der Waals surface area contributed by atoms with E-state index in [4.69, 9.17) is 0 Å². The number of hydrogen-bond donors (Lipinski definition) is 3. The molecule has 3 aromatic heterocycles. The molecular formula is C19H19N5O3. The van der Waals surface area contributed by atoms with Gasteiger partial charge in [-0.3, -0.25) is 0 Å². The number of fused-ring (bicyclic) bond motifs is 1. The maximum atomic E-state index is 12.4. The van der Waals surface area contributed by atoms with Crippen molar-refractivity contribution in [2.24, 2.45) is 7.05 Å². The summed E-state index contributed by atoms with van der Waals surface area (Å²) < 4.78 is 3.34. The Morgan fingerprint density at radius 3 is 2.63 bits per heavy atom. The molecule has 0 aliphatic rings. The minimum atomic E-state index is -0.444. The number of pyridine rings is 1. The van der Waals surface area contributed by atoms with Gasteiger partial charge in [0.1, 0.15) is 11.5 Å². The summed E-state index contributed by atoms with van der Waals surface area (Å²) in [6.07, 6.45) is 1.94. The summed E-state index contributed by atoms with van der Waals surface area (Å²) in [6, 6.07) is 8.77. The molecule has 0 amide bonds. The first-order chi connectivity index (χ1) is 12.9. The Morgan fingerprint density at radius 1 is 1.11 bits per heavy atom. The van der Waals surface area contributed by atoms with E-state index in [0.29, 0.717) is 11.4 Å². The van der Waals surface area contributed by atoms with Crippen LogP contribution in [0.2, 0.25) is 0 Å². The minimum absolute atomic E-state index is 0.0656. The molecule has 1 aromatic carbocycles. The lowest BCUT2D eigenvalue weighted by molar-refractivity contribution is 0.438. The number of aromatic hydroxyl groups is 2. The lowest BCUT2D eigenvalue weighted by Gasteiger charge is -2.12. The van der Waals surface area contributed by atoms with Crippen LogP contribution in [0.4, 0.5) is 0 Å². The number of aromatic amines is 1. The Morgan fingerprint density at radius 2 is 1.89 bits per heavy atom. The molecule has 3 heterocycles. The molecule has 8 nitrogen and oxygen atoms in total. The Bertz CT molecular complexity index is 1220. The zero-order valence-corrected chi connectivity index (χ0v) is 15.1. The molecule has 0 radical (unpaired) electrons. The fourth-order valence-electron chi connectivity index (χ4n) is 3.20. The first-order valence-corrected chi connectivity index (χ1v) is 8.53. The lowest BCUT2D eigenvalue weighted by atomic mass is 10.1. The molecule has 0 saturated heterocycles. The van der Waals surface area contributed by atoms with Crippen LogP contribution in [0.15, 0.2) is 41.3 Å². The molecule has 0 aliphatic heterocycles. The van der Waals surface area contributed by atoms with Gasteiger partial charge in [-0.2, -0.15) is 5.10 Å². The van der Waals surface area contributed by atoms with Crippen LogP contribution in [0.25, 0.3) is 28.1 Å². The topological polar surface area (TPSA) is 109 Å². The van der Waals surface area contributed by atoms with Crippen molar-refractivity contribution in [1.82, 2.24) is 24.3 Å². The standard InChI is InChI=1S/C19H19N5O3/c1-10(2)16-14(25)9-15(26)17(20-16)18-21-22-19(27)24(18)12-4-5-13-11(8-12)6-7-23(13)3/h4-10,25-26H,1-3H3,(H,22,27). The minimum Gasteiger partial charge on any atom is -0.506 e. The van der Waals surface area contributed by atoms with E-state index in [1.54, 1.807) is 0 Å².